The third-order valence-electron chi connectivity index (χ3n) is 3.04. The number of benzene rings is 1. The minimum absolute atomic E-state index is 0.397. The summed E-state index contributed by atoms with van der Waals surface area (Å²) in [5.41, 5.74) is 6.65. The molecular formula is C12H13BrCl2N2. The van der Waals surface area contributed by atoms with Crippen LogP contribution in [0.15, 0.2) is 21.6 Å². The fourth-order valence-electron chi connectivity index (χ4n) is 2.05. The average Bonchev–Trinajstić information content (AvgIpc) is 2.83. The van der Waals surface area contributed by atoms with E-state index >= 15 is 0 Å². The van der Waals surface area contributed by atoms with Crippen molar-refractivity contribution < 1.29 is 0 Å². The maximum Gasteiger partial charge on any atom is 0.103 e. The fraction of sp³-hybridized carbons (Fsp3) is 0.417. The van der Waals surface area contributed by atoms with Gasteiger partial charge in [0.1, 0.15) is 5.84 Å². The molecule has 2 N–H and O–H groups in total. The first-order valence-electron chi connectivity index (χ1n) is 5.57. The summed E-state index contributed by atoms with van der Waals surface area (Å²) in [5.74, 6) is 1.07. The molecule has 0 amide bonds. The zero-order valence-electron chi connectivity index (χ0n) is 9.22. The number of amidine groups is 1. The van der Waals surface area contributed by atoms with E-state index in [1.54, 1.807) is 0 Å². The van der Waals surface area contributed by atoms with Crippen molar-refractivity contribution in [1.82, 2.24) is 0 Å². The van der Waals surface area contributed by atoms with Gasteiger partial charge in [-0.05, 0) is 40.9 Å². The van der Waals surface area contributed by atoms with E-state index in [2.05, 4.69) is 20.9 Å². The van der Waals surface area contributed by atoms with E-state index in [1.807, 2.05) is 12.1 Å². The molecule has 1 aromatic carbocycles. The van der Waals surface area contributed by atoms with Gasteiger partial charge in [0.25, 0.3) is 0 Å². The van der Waals surface area contributed by atoms with Gasteiger partial charge in [0, 0.05) is 10.4 Å². The Kier molecular flexibility index (Phi) is 4.34. The lowest BCUT2D eigenvalue weighted by atomic mass is 10.1. The van der Waals surface area contributed by atoms with Crippen LogP contribution in [-0.2, 0) is 0 Å². The Labute approximate surface area is 119 Å². The van der Waals surface area contributed by atoms with Gasteiger partial charge in [0.15, 0.2) is 0 Å². The number of rotatable bonds is 2. The number of hydrogen-bond acceptors (Lipinski definition) is 1. The molecule has 0 unspecified atom stereocenters. The van der Waals surface area contributed by atoms with Crippen molar-refractivity contribution in [2.45, 2.75) is 25.7 Å². The summed E-state index contributed by atoms with van der Waals surface area (Å²) in [6, 6.07) is 3.65. The normalized spacial score (nSPS) is 17.7. The lowest BCUT2D eigenvalue weighted by Crippen LogP contribution is -2.20. The molecule has 0 aromatic heterocycles. The van der Waals surface area contributed by atoms with Crippen molar-refractivity contribution in [2.75, 3.05) is 0 Å². The summed E-state index contributed by atoms with van der Waals surface area (Å²) in [6.07, 6.45) is 4.71. The van der Waals surface area contributed by atoms with Crippen molar-refractivity contribution in [3.8, 4) is 0 Å². The largest absolute Gasteiger partial charge is 0.387 e. The third-order valence-corrected chi connectivity index (χ3v) is 4.80. The Bertz CT molecular complexity index is 454. The number of nitrogens with two attached hydrogens (primary N) is 1. The summed E-state index contributed by atoms with van der Waals surface area (Å²) in [5, 5.41) is 0.925. The molecule has 1 aliphatic rings. The van der Waals surface area contributed by atoms with Gasteiger partial charge in [-0.25, -0.2) is 4.99 Å². The number of nitrogens with zero attached hydrogens (tertiary/aromatic N) is 1. The zero-order valence-corrected chi connectivity index (χ0v) is 12.3. The van der Waals surface area contributed by atoms with Crippen molar-refractivity contribution in [2.24, 2.45) is 16.6 Å². The highest BCUT2D eigenvalue weighted by atomic mass is 79.9. The summed E-state index contributed by atoms with van der Waals surface area (Å²) >= 11 is 15.5. The molecular weight excluding hydrogens is 323 g/mol. The molecule has 0 radical (unpaired) electrons. The van der Waals surface area contributed by atoms with Crippen LogP contribution < -0.4 is 5.73 Å². The van der Waals surface area contributed by atoms with E-state index in [0.717, 1.165) is 17.3 Å². The lowest BCUT2D eigenvalue weighted by Gasteiger charge is -2.09. The van der Waals surface area contributed by atoms with Crippen LogP contribution in [0.1, 0.15) is 25.7 Å². The van der Waals surface area contributed by atoms with Crippen LogP contribution in [0, 0.1) is 5.92 Å². The summed E-state index contributed by atoms with van der Waals surface area (Å²) in [7, 11) is 0. The Morgan fingerprint density at radius 2 is 1.88 bits per heavy atom. The molecule has 5 heteroatoms. The molecule has 17 heavy (non-hydrogen) atoms. The van der Waals surface area contributed by atoms with Crippen molar-refractivity contribution in [3.63, 3.8) is 0 Å². The van der Waals surface area contributed by atoms with Crippen LogP contribution in [0.25, 0.3) is 0 Å². The molecule has 0 aliphatic heterocycles. The van der Waals surface area contributed by atoms with Crippen molar-refractivity contribution in [1.29, 1.82) is 0 Å². The Morgan fingerprint density at radius 3 is 2.53 bits per heavy atom. The van der Waals surface area contributed by atoms with Gasteiger partial charge in [-0.3, -0.25) is 0 Å². The van der Waals surface area contributed by atoms with E-state index in [1.165, 1.54) is 12.8 Å². The first kappa shape index (κ1) is 13.2. The van der Waals surface area contributed by atoms with Gasteiger partial charge in [-0.1, -0.05) is 36.0 Å². The zero-order chi connectivity index (χ0) is 12.4. The summed E-state index contributed by atoms with van der Waals surface area (Å²) in [4.78, 5) is 4.40. The molecule has 0 spiro atoms. The van der Waals surface area contributed by atoms with Gasteiger partial charge in [-0.15, -0.1) is 0 Å². The minimum Gasteiger partial charge on any atom is -0.387 e. The van der Waals surface area contributed by atoms with Gasteiger partial charge in [0.05, 0.1) is 15.7 Å². The quantitative estimate of drug-likeness (QED) is 0.464. The SMILES string of the molecule is NC(=Nc1ccc(Br)c(Cl)c1Cl)C1CCCC1. The molecule has 2 nitrogen and oxygen atoms in total. The third kappa shape index (κ3) is 2.95. The van der Waals surface area contributed by atoms with E-state index in [0.29, 0.717) is 27.5 Å². The van der Waals surface area contributed by atoms with Crippen LogP contribution in [0.4, 0.5) is 5.69 Å². The molecule has 1 fully saturated rings. The molecule has 1 aliphatic carbocycles. The molecule has 2 rings (SSSR count). The van der Waals surface area contributed by atoms with E-state index < -0.39 is 0 Å². The highest BCUT2D eigenvalue weighted by Gasteiger charge is 2.19. The Balaban J connectivity index is 2.28. The molecule has 0 heterocycles. The Morgan fingerprint density at radius 1 is 1.24 bits per heavy atom. The number of aliphatic imine (C=N–C) groups is 1. The fourth-order valence-corrected chi connectivity index (χ4v) is 2.87. The van der Waals surface area contributed by atoms with Crippen LogP contribution in [-0.4, -0.2) is 5.84 Å². The second-order valence-electron chi connectivity index (χ2n) is 4.21. The maximum atomic E-state index is 6.12. The van der Waals surface area contributed by atoms with Crippen LogP contribution >= 0.6 is 39.1 Å². The van der Waals surface area contributed by atoms with Crippen molar-refractivity contribution >= 4 is 50.7 Å². The first-order valence-corrected chi connectivity index (χ1v) is 7.12. The molecule has 1 aromatic rings. The summed E-state index contributed by atoms with van der Waals surface area (Å²) in [6.45, 7) is 0. The molecule has 0 bridgehead atoms. The maximum absolute atomic E-state index is 6.12. The topological polar surface area (TPSA) is 38.4 Å². The van der Waals surface area contributed by atoms with Gasteiger partial charge < -0.3 is 5.73 Å². The van der Waals surface area contributed by atoms with Gasteiger partial charge >= 0.3 is 0 Å². The molecule has 1 saturated carbocycles. The van der Waals surface area contributed by atoms with Gasteiger partial charge in [-0.2, -0.15) is 0 Å². The summed E-state index contributed by atoms with van der Waals surface area (Å²) < 4.78 is 0.766. The molecule has 0 saturated heterocycles. The first-order chi connectivity index (χ1) is 8.09. The monoisotopic (exact) mass is 334 g/mol. The number of hydrogen-bond donors (Lipinski definition) is 1. The van der Waals surface area contributed by atoms with Crippen molar-refractivity contribution in [3.05, 3.63) is 26.7 Å². The number of halogens is 3. The molecule has 0 atom stereocenters. The molecule has 92 valence electrons. The average molecular weight is 336 g/mol. The minimum atomic E-state index is 0.397. The van der Waals surface area contributed by atoms with E-state index in [9.17, 15) is 0 Å². The van der Waals surface area contributed by atoms with Crippen LogP contribution in [0.5, 0.6) is 0 Å². The second kappa shape index (κ2) is 5.59. The van der Waals surface area contributed by atoms with Crippen LogP contribution in [0.2, 0.25) is 10.0 Å². The predicted molar refractivity (Wildman–Crippen MR) is 77.4 cm³/mol. The predicted octanol–water partition coefficient (Wildman–Crippen LogP) is 4.93. The standard InChI is InChI=1S/C12H13BrCl2N2/c13-8-5-6-9(11(15)10(8)14)17-12(16)7-3-1-2-4-7/h5-7H,1-4H2,(H2,16,17). The van der Waals surface area contributed by atoms with Crippen LogP contribution in [0.3, 0.4) is 0 Å². The Hall–Kier alpha value is -0.250. The lowest BCUT2D eigenvalue weighted by molar-refractivity contribution is 0.722. The van der Waals surface area contributed by atoms with E-state index in [-0.39, 0.29) is 0 Å². The smallest absolute Gasteiger partial charge is 0.103 e. The van der Waals surface area contributed by atoms with Gasteiger partial charge in [0.2, 0.25) is 0 Å². The highest BCUT2D eigenvalue weighted by molar-refractivity contribution is 9.10. The van der Waals surface area contributed by atoms with E-state index in [4.69, 9.17) is 28.9 Å². The highest BCUT2D eigenvalue weighted by Crippen LogP contribution is 2.38. The second-order valence-corrected chi connectivity index (χ2v) is 5.82.